The zero-order valence-corrected chi connectivity index (χ0v) is 10.0. The van der Waals surface area contributed by atoms with E-state index in [1.807, 2.05) is 0 Å². The monoisotopic (exact) mass is 210 g/mol. The minimum Gasteiger partial charge on any atom is -0.126 e. The summed E-state index contributed by atoms with van der Waals surface area (Å²) in [6.45, 7) is 6.61. The van der Waals surface area contributed by atoms with Crippen LogP contribution < -0.4 is 0 Å². The van der Waals surface area contributed by atoms with Crippen molar-refractivity contribution in [3.05, 3.63) is 35.4 Å². The van der Waals surface area contributed by atoms with Gasteiger partial charge in [0.25, 0.3) is 0 Å². The Balaban J connectivity index is 2.67. The molecule has 1 unspecified atom stereocenters. The van der Waals surface area contributed by atoms with Gasteiger partial charge in [0.05, 0.1) is 0 Å². The van der Waals surface area contributed by atoms with Crippen molar-refractivity contribution in [2.24, 2.45) is 11.8 Å². The molecule has 0 radical (unpaired) electrons. The normalized spacial score (nSPS) is 13.2. The molecule has 1 aromatic carbocycles. The second-order valence-electron chi connectivity index (χ2n) is 4.35. The van der Waals surface area contributed by atoms with Gasteiger partial charge in [0, 0.05) is 5.88 Å². The predicted octanol–water partition coefficient (Wildman–Crippen LogP) is 4.05. The van der Waals surface area contributed by atoms with Crippen LogP contribution in [0.3, 0.4) is 0 Å². The van der Waals surface area contributed by atoms with Crippen molar-refractivity contribution >= 4 is 11.6 Å². The highest BCUT2D eigenvalue weighted by atomic mass is 35.5. The van der Waals surface area contributed by atoms with Gasteiger partial charge in [0.1, 0.15) is 0 Å². The van der Waals surface area contributed by atoms with E-state index in [0.29, 0.717) is 11.8 Å². The third kappa shape index (κ3) is 3.34. The molecule has 0 bridgehead atoms. The molecule has 0 aromatic heterocycles. The van der Waals surface area contributed by atoms with Crippen LogP contribution in [0.5, 0.6) is 0 Å². The fourth-order valence-corrected chi connectivity index (χ4v) is 2.08. The number of benzene rings is 1. The second-order valence-corrected chi connectivity index (χ2v) is 4.66. The number of alkyl halides is 1. The molecule has 0 amide bonds. The lowest BCUT2D eigenvalue weighted by Crippen LogP contribution is -2.13. The smallest absolute Gasteiger partial charge is 0.0257 e. The Kier molecular flexibility index (Phi) is 4.47. The van der Waals surface area contributed by atoms with Crippen LogP contribution >= 0.6 is 11.6 Å². The van der Waals surface area contributed by atoms with Gasteiger partial charge in [-0.25, -0.2) is 0 Å². The summed E-state index contributed by atoms with van der Waals surface area (Å²) in [6, 6.07) is 8.70. The second kappa shape index (κ2) is 5.41. The standard InChI is InChI=1S/C13H19Cl/c1-10(2)13(9-14)8-12-6-4-5-11(3)7-12/h4-7,10,13H,8-9H2,1-3H3. The molecule has 1 rings (SSSR count). The van der Waals surface area contributed by atoms with Crippen molar-refractivity contribution in [1.29, 1.82) is 0 Å². The summed E-state index contributed by atoms with van der Waals surface area (Å²) in [5.41, 5.74) is 2.74. The van der Waals surface area contributed by atoms with E-state index in [2.05, 4.69) is 45.0 Å². The number of hydrogen-bond donors (Lipinski definition) is 0. The predicted molar refractivity (Wildman–Crippen MR) is 63.9 cm³/mol. The van der Waals surface area contributed by atoms with Crippen molar-refractivity contribution < 1.29 is 0 Å². The van der Waals surface area contributed by atoms with E-state index in [9.17, 15) is 0 Å². The summed E-state index contributed by atoms with van der Waals surface area (Å²) in [6.07, 6.45) is 1.10. The molecule has 0 spiro atoms. The summed E-state index contributed by atoms with van der Waals surface area (Å²) < 4.78 is 0. The Morgan fingerprint density at radius 3 is 2.50 bits per heavy atom. The molecule has 0 nitrogen and oxygen atoms in total. The van der Waals surface area contributed by atoms with Crippen LogP contribution in [0.15, 0.2) is 24.3 Å². The first kappa shape index (κ1) is 11.6. The zero-order valence-electron chi connectivity index (χ0n) is 9.26. The van der Waals surface area contributed by atoms with Crippen LogP contribution in [-0.4, -0.2) is 5.88 Å². The molecule has 14 heavy (non-hydrogen) atoms. The van der Waals surface area contributed by atoms with Crippen molar-refractivity contribution in [2.45, 2.75) is 27.2 Å². The van der Waals surface area contributed by atoms with Gasteiger partial charge in [0.15, 0.2) is 0 Å². The lowest BCUT2D eigenvalue weighted by atomic mass is 9.90. The largest absolute Gasteiger partial charge is 0.126 e. The van der Waals surface area contributed by atoms with E-state index >= 15 is 0 Å². The van der Waals surface area contributed by atoms with Gasteiger partial charge in [-0.05, 0) is 30.7 Å². The van der Waals surface area contributed by atoms with E-state index in [1.54, 1.807) is 0 Å². The van der Waals surface area contributed by atoms with Crippen molar-refractivity contribution in [3.8, 4) is 0 Å². The summed E-state index contributed by atoms with van der Waals surface area (Å²) >= 11 is 5.95. The van der Waals surface area contributed by atoms with E-state index in [4.69, 9.17) is 11.6 Å². The topological polar surface area (TPSA) is 0 Å². The SMILES string of the molecule is Cc1cccc(CC(CCl)C(C)C)c1. The first-order chi connectivity index (χ1) is 6.63. The van der Waals surface area contributed by atoms with Crippen molar-refractivity contribution in [2.75, 3.05) is 5.88 Å². The van der Waals surface area contributed by atoms with E-state index in [-0.39, 0.29) is 0 Å². The Bertz CT molecular complexity index is 278. The molecule has 1 aromatic rings. The summed E-state index contributed by atoms with van der Waals surface area (Å²) in [5.74, 6) is 2.01. The molecular weight excluding hydrogens is 192 g/mol. The maximum Gasteiger partial charge on any atom is 0.0257 e. The number of aryl methyl sites for hydroxylation is 1. The third-order valence-corrected chi connectivity index (χ3v) is 3.12. The fraction of sp³-hybridized carbons (Fsp3) is 0.538. The van der Waals surface area contributed by atoms with Crippen LogP contribution in [0.1, 0.15) is 25.0 Å². The Labute approximate surface area is 92.3 Å². The van der Waals surface area contributed by atoms with Gasteiger partial charge < -0.3 is 0 Å². The van der Waals surface area contributed by atoms with E-state index in [1.165, 1.54) is 11.1 Å². The Morgan fingerprint density at radius 1 is 1.29 bits per heavy atom. The van der Waals surface area contributed by atoms with Crippen LogP contribution in [0.25, 0.3) is 0 Å². The molecule has 0 fully saturated rings. The van der Waals surface area contributed by atoms with Crippen molar-refractivity contribution in [3.63, 3.8) is 0 Å². The number of halogens is 1. The number of hydrogen-bond acceptors (Lipinski definition) is 0. The molecule has 0 aliphatic carbocycles. The van der Waals surface area contributed by atoms with Crippen molar-refractivity contribution in [1.82, 2.24) is 0 Å². The molecule has 0 saturated carbocycles. The van der Waals surface area contributed by atoms with Gasteiger partial charge in [0.2, 0.25) is 0 Å². The summed E-state index contributed by atoms with van der Waals surface area (Å²) in [4.78, 5) is 0. The summed E-state index contributed by atoms with van der Waals surface area (Å²) in [7, 11) is 0. The first-order valence-electron chi connectivity index (χ1n) is 5.25. The Hall–Kier alpha value is -0.490. The van der Waals surface area contributed by atoms with Gasteiger partial charge in [-0.1, -0.05) is 43.7 Å². The highest BCUT2D eigenvalue weighted by Gasteiger charge is 2.12. The highest BCUT2D eigenvalue weighted by molar-refractivity contribution is 6.18. The maximum absolute atomic E-state index is 5.95. The van der Waals surface area contributed by atoms with E-state index < -0.39 is 0 Å². The van der Waals surface area contributed by atoms with Crippen LogP contribution in [-0.2, 0) is 6.42 Å². The lowest BCUT2D eigenvalue weighted by molar-refractivity contribution is 0.422. The minimum atomic E-state index is 0.596. The third-order valence-electron chi connectivity index (χ3n) is 2.72. The molecule has 0 aliphatic heterocycles. The van der Waals surface area contributed by atoms with Gasteiger partial charge in [-0.15, -0.1) is 11.6 Å². The summed E-state index contributed by atoms with van der Waals surface area (Å²) in [5, 5.41) is 0. The molecule has 78 valence electrons. The molecule has 0 N–H and O–H groups in total. The maximum atomic E-state index is 5.95. The quantitative estimate of drug-likeness (QED) is 0.658. The minimum absolute atomic E-state index is 0.596. The molecule has 1 heteroatoms. The number of rotatable bonds is 4. The van der Waals surface area contributed by atoms with E-state index in [0.717, 1.165) is 12.3 Å². The van der Waals surface area contributed by atoms with Crippen LogP contribution in [0, 0.1) is 18.8 Å². The zero-order chi connectivity index (χ0) is 10.6. The highest BCUT2D eigenvalue weighted by Crippen LogP contribution is 2.19. The molecule has 0 aliphatic rings. The molecule has 0 heterocycles. The van der Waals surface area contributed by atoms with Gasteiger partial charge in [-0.2, -0.15) is 0 Å². The molecular formula is C13H19Cl. The fourth-order valence-electron chi connectivity index (χ4n) is 1.61. The average Bonchev–Trinajstić information content (AvgIpc) is 2.14. The van der Waals surface area contributed by atoms with Crippen LogP contribution in [0.4, 0.5) is 0 Å². The Morgan fingerprint density at radius 2 is 2.00 bits per heavy atom. The lowest BCUT2D eigenvalue weighted by Gasteiger charge is -2.17. The van der Waals surface area contributed by atoms with Gasteiger partial charge >= 0.3 is 0 Å². The van der Waals surface area contributed by atoms with Crippen LogP contribution in [0.2, 0.25) is 0 Å². The first-order valence-corrected chi connectivity index (χ1v) is 5.78. The van der Waals surface area contributed by atoms with Gasteiger partial charge in [-0.3, -0.25) is 0 Å². The average molecular weight is 211 g/mol. The molecule has 1 atom stereocenters. The molecule has 0 saturated heterocycles.